The molecule has 0 amide bonds. The largest absolute Gasteiger partial charge is 0.466 e. The summed E-state index contributed by atoms with van der Waals surface area (Å²) in [5, 5.41) is 0. The van der Waals surface area contributed by atoms with E-state index in [9.17, 15) is 0 Å². The SMILES string of the molecule is C=COc1ccc(C2(c3ccc(OC=C)c(CCCC)c3)c3ccccc3-c3ccccc32)cc1. The number of hydrogen-bond acceptors (Lipinski definition) is 2. The fourth-order valence-electron chi connectivity index (χ4n) is 5.48. The number of hydrogen-bond donors (Lipinski definition) is 0. The number of rotatable bonds is 9. The van der Waals surface area contributed by atoms with Gasteiger partial charge in [0.2, 0.25) is 0 Å². The minimum absolute atomic E-state index is 0.451. The Morgan fingerprint density at radius 1 is 0.714 bits per heavy atom. The first-order chi connectivity index (χ1) is 17.2. The van der Waals surface area contributed by atoms with Crippen molar-refractivity contribution in [2.75, 3.05) is 0 Å². The summed E-state index contributed by atoms with van der Waals surface area (Å²) in [5.41, 5.74) is 8.31. The molecule has 1 aliphatic carbocycles. The molecule has 4 aromatic rings. The van der Waals surface area contributed by atoms with Crippen LogP contribution in [0.1, 0.15) is 47.6 Å². The van der Waals surface area contributed by atoms with Crippen LogP contribution in [0.2, 0.25) is 0 Å². The Morgan fingerprint density at radius 3 is 1.91 bits per heavy atom. The number of fused-ring (bicyclic) bond motifs is 3. The molecule has 5 rings (SSSR count). The first kappa shape index (κ1) is 22.7. The lowest BCUT2D eigenvalue weighted by Crippen LogP contribution is -2.28. The van der Waals surface area contributed by atoms with E-state index >= 15 is 0 Å². The van der Waals surface area contributed by atoms with Gasteiger partial charge in [-0.3, -0.25) is 0 Å². The van der Waals surface area contributed by atoms with Crippen LogP contribution in [0.4, 0.5) is 0 Å². The van der Waals surface area contributed by atoms with E-state index < -0.39 is 5.41 Å². The fourth-order valence-corrected chi connectivity index (χ4v) is 5.48. The zero-order valence-corrected chi connectivity index (χ0v) is 20.2. The molecular formula is C33H30O2. The van der Waals surface area contributed by atoms with Crippen molar-refractivity contribution in [3.05, 3.63) is 144 Å². The van der Waals surface area contributed by atoms with Crippen molar-refractivity contribution in [1.82, 2.24) is 0 Å². The maximum absolute atomic E-state index is 5.81. The van der Waals surface area contributed by atoms with Crippen molar-refractivity contribution in [3.8, 4) is 22.6 Å². The summed E-state index contributed by atoms with van der Waals surface area (Å²) in [4.78, 5) is 0. The van der Waals surface area contributed by atoms with Crippen LogP contribution in [0.3, 0.4) is 0 Å². The lowest BCUT2D eigenvalue weighted by molar-refractivity contribution is 0.475. The summed E-state index contributed by atoms with van der Waals surface area (Å²) in [6.07, 6.45) is 6.16. The first-order valence-electron chi connectivity index (χ1n) is 12.2. The average molecular weight is 459 g/mol. The highest BCUT2D eigenvalue weighted by molar-refractivity contribution is 5.86. The molecule has 0 bridgehead atoms. The van der Waals surface area contributed by atoms with Gasteiger partial charge in [-0.2, -0.15) is 0 Å². The van der Waals surface area contributed by atoms with E-state index in [4.69, 9.17) is 9.47 Å². The van der Waals surface area contributed by atoms with E-state index in [1.807, 2.05) is 12.1 Å². The summed E-state index contributed by atoms with van der Waals surface area (Å²) in [6.45, 7) is 9.69. The molecule has 0 aliphatic heterocycles. The molecule has 0 aromatic heterocycles. The Balaban J connectivity index is 1.82. The van der Waals surface area contributed by atoms with Gasteiger partial charge in [-0.15, -0.1) is 0 Å². The summed E-state index contributed by atoms with van der Waals surface area (Å²) in [6, 6.07) is 32.6. The van der Waals surface area contributed by atoms with Crippen LogP contribution >= 0.6 is 0 Å². The van der Waals surface area contributed by atoms with Crippen LogP contribution in [0.5, 0.6) is 11.5 Å². The van der Waals surface area contributed by atoms with Gasteiger partial charge in [0.05, 0.1) is 17.9 Å². The van der Waals surface area contributed by atoms with Gasteiger partial charge in [-0.1, -0.05) is 99.3 Å². The van der Waals surface area contributed by atoms with Gasteiger partial charge in [0.25, 0.3) is 0 Å². The highest BCUT2D eigenvalue weighted by Crippen LogP contribution is 2.56. The summed E-state index contributed by atoms with van der Waals surface area (Å²) in [7, 11) is 0. The molecule has 174 valence electrons. The van der Waals surface area contributed by atoms with E-state index in [1.54, 1.807) is 0 Å². The highest BCUT2D eigenvalue weighted by atomic mass is 16.5. The monoisotopic (exact) mass is 458 g/mol. The van der Waals surface area contributed by atoms with Crippen LogP contribution in [-0.4, -0.2) is 0 Å². The highest BCUT2D eigenvalue weighted by Gasteiger charge is 2.46. The van der Waals surface area contributed by atoms with Crippen LogP contribution < -0.4 is 9.47 Å². The quantitative estimate of drug-likeness (QED) is 0.206. The maximum atomic E-state index is 5.81. The standard InChI is InChI=1S/C33H30O2/c1-4-7-12-24-23-26(19-22-32(24)35-6-3)33(25-17-20-27(21-18-25)34-5-2)30-15-10-8-13-28(30)29-14-9-11-16-31(29)33/h5-6,8-11,13-23H,2-4,7,12H2,1H3. The number of unbranched alkanes of at least 4 members (excludes halogenated alkanes) is 1. The Kier molecular flexibility index (Phi) is 6.29. The molecule has 0 fully saturated rings. The molecule has 0 saturated heterocycles. The molecule has 0 unspecified atom stereocenters. The number of benzene rings is 4. The predicted molar refractivity (Wildman–Crippen MR) is 144 cm³/mol. The molecule has 0 spiro atoms. The topological polar surface area (TPSA) is 18.5 Å². The van der Waals surface area contributed by atoms with Crippen LogP contribution in [0.15, 0.2) is 117 Å². The van der Waals surface area contributed by atoms with E-state index in [1.165, 1.54) is 51.5 Å². The molecule has 2 heteroatoms. The molecule has 35 heavy (non-hydrogen) atoms. The minimum atomic E-state index is -0.451. The molecule has 1 aliphatic rings. The second-order valence-electron chi connectivity index (χ2n) is 8.86. The number of ether oxygens (including phenoxy) is 2. The van der Waals surface area contributed by atoms with Crippen molar-refractivity contribution in [1.29, 1.82) is 0 Å². The molecule has 0 saturated carbocycles. The third-order valence-electron chi connectivity index (χ3n) is 6.96. The summed E-state index contributed by atoms with van der Waals surface area (Å²) in [5.74, 6) is 1.65. The lowest BCUT2D eigenvalue weighted by atomic mass is 9.67. The molecule has 0 heterocycles. The van der Waals surface area contributed by atoms with E-state index in [0.29, 0.717) is 0 Å². The van der Waals surface area contributed by atoms with Crippen molar-refractivity contribution in [3.63, 3.8) is 0 Å². The van der Waals surface area contributed by atoms with Crippen molar-refractivity contribution in [2.45, 2.75) is 31.6 Å². The van der Waals surface area contributed by atoms with E-state index in [-0.39, 0.29) is 0 Å². The van der Waals surface area contributed by atoms with Gasteiger partial charge in [-0.05, 0) is 70.0 Å². The Hall–Kier alpha value is -4.04. The third kappa shape index (κ3) is 3.76. The molecular weight excluding hydrogens is 428 g/mol. The minimum Gasteiger partial charge on any atom is -0.466 e. The molecule has 4 aromatic carbocycles. The molecule has 0 atom stereocenters. The van der Waals surface area contributed by atoms with Crippen LogP contribution in [0.25, 0.3) is 11.1 Å². The fraction of sp³-hybridized carbons (Fsp3) is 0.152. The summed E-state index contributed by atoms with van der Waals surface area (Å²) < 4.78 is 11.4. The van der Waals surface area contributed by atoms with E-state index in [2.05, 4.69) is 98.9 Å². The van der Waals surface area contributed by atoms with Gasteiger partial charge >= 0.3 is 0 Å². The molecule has 0 N–H and O–H groups in total. The Bertz CT molecular complexity index is 1320. The predicted octanol–water partition coefficient (Wildman–Crippen LogP) is 8.44. The van der Waals surface area contributed by atoms with E-state index in [0.717, 1.165) is 30.8 Å². The molecule has 0 radical (unpaired) electrons. The molecule has 2 nitrogen and oxygen atoms in total. The first-order valence-corrected chi connectivity index (χ1v) is 12.2. The van der Waals surface area contributed by atoms with Crippen molar-refractivity contribution >= 4 is 0 Å². The smallest absolute Gasteiger partial charge is 0.129 e. The van der Waals surface area contributed by atoms with Gasteiger partial charge in [0, 0.05) is 0 Å². The Labute approximate surface area is 208 Å². The van der Waals surface area contributed by atoms with Crippen molar-refractivity contribution in [2.24, 2.45) is 0 Å². The zero-order valence-electron chi connectivity index (χ0n) is 20.2. The van der Waals surface area contributed by atoms with Crippen molar-refractivity contribution < 1.29 is 9.47 Å². The van der Waals surface area contributed by atoms with Gasteiger partial charge in [-0.25, -0.2) is 0 Å². The second kappa shape index (κ2) is 9.68. The maximum Gasteiger partial charge on any atom is 0.129 e. The van der Waals surface area contributed by atoms with Gasteiger partial charge < -0.3 is 9.47 Å². The van der Waals surface area contributed by atoms with Gasteiger partial charge in [0.15, 0.2) is 0 Å². The Morgan fingerprint density at radius 2 is 1.31 bits per heavy atom. The normalized spacial score (nSPS) is 12.9. The summed E-state index contributed by atoms with van der Waals surface area (Å²) >= 11 is 0. The van der Waals surface area contributed by atoms with Crippen LogP contribution in [0, 0.1) is 0 Å². The second-order valence-corrected chi connectivity index (χ2v) is 8.86. The zero-order chi connectivity index (χ0) is 24.3. The van der Waals surface area contributed by atoms with Gasteiger partial charge in [0.1, 0.15) is 11.5 Å². The third-order valence-corrected chi connectivity index (χ3v) is 6.96. The average Bonchev–Trinajstić information content (AvgIpc) is 3.20. The number of aryl methyl sites for hydroxylation is 1. The van der Waals surface area contributed by atoms with Crippen LogP contribution in [-0.2, 0) is 11.8 Å². The lowest BCUT2D eigenvalue weighted by Gasteiger charge is -2.34.